The van der Waals surface area contributed by atoms with E-state index < -0.39 is 0 Å². The zero-order chi connectivity index (χ0) is 11.5. The number of hydrogen-bond donors (Lipinski definition) is 1. The second kappa shape index (κ2) is 5.96. The lowest BCUT2D eigenvalue weighted by molar-refractivity contribution is 0.172. The Kier molecular flexibility index (Phi) is 4.85. The molecule has 1 aromatic heterocycles. The number of halogens is 2. The molecule has 2 heterocycles. The monoisotopic (exact) mass is 366 g/mol. The molecule has 1 aromatic rings. The minimum atomic E-state index is 0.578. The van der Waals surface area contributed by atoms with E-state index in [1.807, 2.05) is 11.3 Å². The molecule has 1 aliphatic rings. The Morgan fingerprint density at radius 2 is 2.12 bits per heavy atom. The third-order valence-electron chi connectivity index (χ3n) is 2.97. The summed E-state index contributed by atoms with van der Waals surface area (Å²) in [5.74, 6) is 0. The van der Waals surface area contributed by atoms with Gasteiger partial charge in [-0.3, -0.25) is 4.90 Å². The van der Waals surface area contributed by atoms with Gasteiger partial charge in [0.1, 0.15) is 0 Å². The van der Waals surface area contributed by atoms with Crippen molar-refractivity contribution >= 4 is 43.2 Å². The lowest BCUT2D eigenvalue weighted by Gasteiger charge is -2.33. The average molecular weight is 368 g/mol. The van der Waals surface area contributed by atoms with E-state index in [1.54, 1.807) is 0 Å². The van der Waals surface area contributed by atoms with Crippen molar-refractivity contribution in [1.29, 1.82) is 0 Å². The molecule has 1 fully saturated rings. The average Bonchev–Trinajstić information content (AvgIpc) is 2.61. The molecule has 5 heteroatoms. The van der Waals surface area contributed by atoms with Gasteiger partial charge in [0.15, 0.2) is 0 Å². The highest BCUT2D eigenvalue weighted by molar-refractivity contribution is 9.13. The van der Waals surface area contributed by atoms with Gasteiger partial charge in [-0.1, -0.05) is 6.92 Å². The van der Waals surface area contributed by atoms with Gasteiger partial charge in [0, 0.05) is 41.6 Å². The molecule has 0 spiro atoms. The molecule has 2 rings (SSSR count). The van der Waals surface area contributed by atoms with E-state index in [9.17, 15) is 0 Å². The van der Waals surface area contributed by atoms with Crippen LogP contribution in [0.2, 0.25) is 0 Å². The first kappa shape index (κ1) is 13.0. The Morgan fingerprint density at radius 1 is 1.44 bits per heavy atom. The molecule has 0 aromatic carbocycles. The van der Waals surface area contributed by atoms with Gasteiger partial charge >= 0.3 is 0 Å². The highest BCUT2D eigenvalue weighted by Gasteiger charge is 2.22. The minimum absolute atomic E-state index is 0.578. The highest BCUT2D eigenvalue weighted by atomic mass is 79.9. The molecule has 0 saturated carbocycles. The van der Waals surface area contributed by atoms with Gasteiger partial charge in [0.25, 0.3) is 0 Å². The number of thiophene rings is 1. The molecular formula is C11H16Br2N2S. The lowest BCUT2D eigenvalue weighted by atomic mass is 10.1. The summed E-state index contributed by atoms with van der Waals surface area (Å²) in [6, 6.07) is 2.83. The Morgan fingerprint density at radius 3 is 2.62 bits per heavy atom. The van der Waals surface area contributed by atoms with E-state index in [4.69, 9.17) is 0 Å². The molecule has 2 nitrogen and oxygen atoms in total. The second-order valence-electron chi connectivity index (χ2n) is 3.98. The van der Waals surface area contributed by atoms with Gasteiger partial charge in [-0.2, -0.15) is 0 Å². The van der Waals surface area contributed by atoms with Crippen molar-refractivity contribution in [2.24, 2.45) is 0 Å². The van der Waals surface area contributed by atoms with E-state index in [0.29, 0.717) is 6.04 Å². The summed E-state index contributed by atoms with van der Waals surface area (Å²) < 4.78 is 2.39. The summed E-state index contributed by atoms with van der Waals surface area (Å²) in [5.41, 5.74) is 0. The summed E-state index contributed by atoms with van der Waals surface area (Å²) in [7, 11) is 0. The number of hydrogen-bond acceptors (Lipinski definition) is 3. The van der Waals surface area contributed by atoms with Crippen molar-refractivity contribution < 1.29 is 0 Å². The van der Waals surface area contributed by atoms with Crippen LogP contribution in [0.15, 0.2) is 14.3 Å². The zero-order valence-corrected chi connectivity index (χ0v) is 13.3. The van der Waals surface area contributed by atoms with Crippen LogP contribution < -0.4 is 5.32 Å². The predicted molar refractivity (Wildman–Crippen MR) is 77.2 cm³/mol. The van der Waals surface area contributed by atoms with Crippen LogP contribution in [0, 0.1) is 0 Å². The molecular weight excluding hydrogens is 352 g/mol. The van der Waals surface area contributed by atoms with Crippen molar-refractivity contribution in [2.45, 2.75) is 19.4 Å². The van der Waals surface area contributed by atoms with Crippen LogP contribution in [0.25, 0.3) is 0 Å². The van der Waals surface area contributed by atoms with Crippen LogP contribution >= 0.6 is 43.2 Å². The maximum atomic E-state index is 3.58. The number of rotatable bonds is 3. The van der Waals surface area contributed by atoms with Gasteiger partial charge < -0.3 is 5.32 Å². The van der Waals surface area contributed by atoms with Crippen LogP contribution in [-0.2, 0) is 0 Å². The van der Waals surface area contributed by atoms with Crippen molar-refractivity contribution in [3.05, 3.63) is 19.2 Å². The van der Waals surface area contributed by atoms with Crippen LogP contribution in [0.5, 0.6) is 0 Å². The van der Waals surface area contributed by atoms with Crippen LogP contribution in [0.1, 0.15) is 24.3 Å². The van der Waals surface area contributed by atoms with E-state index in [0.717, 1.165) is 26.2 Å². The molecule has 0 radical (unpaired) electrons. The molecule has 1 atom stereocenters. The third kappa shape index (κ3) is 2.88. The summed E-state index contributed by atoms with van der Waals surface area (Å²) >= 11 is 9.00. The topological polar surface area (TPSA) is 15.3 Å². The maximum Gasteiger partial charge on any atom is 0.0843 e. The first-order valence-corrected chi connectivity index (χ1v) is 8.02. The van der Waals surface area contributed by atoms with Gasteiger partial charge in [-0.15, -0.1) is 11.3 Å². The predicted octanol–water partition coefficient (Wildman–Crippen LogP) is 3.63. The molecule has 0 amide bonds. The normalized spacial score (nSPS) is 19.9. The van der Waals surface area contributed by atoms with Gasteiger partial charge in [0.2, 0.25) is 0 Å². The molecule has 0 aliphatic carbocycles. The Balaban J connectivity index is 2.14. The van der Waals surface area contributed by atoms with Crippen LogP contribution in [0.3, 0.4) is 0 Å². The van der Waals surface area contributed by atoms with Crippen LogP contribution in [-0.4, -0.2) is 31.1 Å². The second-order valence-corrected chi connectivity index (χ2v) is 7.24. The minimum Gasteiger partial charge on any atom is -0.314 e. The van der Waals surface area contributed by atoms with Crippen molar-refractivity contribution in [1.82, 2.24) is 10.2 Å². The van der Waals surface area contributed by atoms with Crippen molar-refractivity contribution in [3.63, 3.8) is 0 Å². The van der Waals surface area contributed by atoms with Gasteiger partial charge in [0.05, 0.1) is 3.79 Å². The smallest absolute Gasteiger partial charge is 0.0843 e. The first-order valence-electron chi connectivity index (χ1n) is 5.62. The fraction of sp³-hybridized carbons (Fsp3) is 0.636. The standard InChI is InChI=1S/C11H16Br2N2S/c1-2-9(15-5-3-14-4-6-15)10-7-8(12)11(13)16-10/h7,9,14H,2-6H2,1H3/t9-/m1/s1. The quantitative estimate of drug-likeness (QED) is 0.877. The van der Waals surface area contributed by atoms with E-state index >= 15 is 0 Å². The SMILES string of the molecule is CC[C@H](c1cc(Br)c(Br)s1)N1CCNCC1. The molecule has 1 saturated heterocycles. The van der Waals surface area contributed by atoms with Gasteiger partial charge in [-0.25, -0.2) is 0 Å². The Hall–Kier alpha value is 0.580. The number of nitrogens with one attached hydrogen (secondary N) is 1. The van der Waals surface area contributed by atoms with Crippen LogP contribution in [0.4, 0.5) is 0 Å². The fourth-order valence-corrected chi connectivity index (χ4v) is 4.47. The Labute approximate surface area is 118 Å². The molecule has 90 valence electrons. The number of nitrogens with zero attached hydrogens (tertiary/aromatic N) is 1. The van der Waals surface area contributed by atoms with E-state index in [2.05, 4.69) is 55.1 Å². The Bertz CT molecular complexity index is 328. The van der Waals surface area contributed by atoms with E-state index in [1.165, 1.54) is 19.6 Å². The largest absolute Gasteiger partial charge is 0.314 e. The molecule has 1 aliphatic heterocycles. The fourth-order valence-electron chi connectivity index (χ4n) is 2.16. The lowest BCUT2D eigenvalue weighted by Crippen LogP contribution is -2.44. The van der Waals surface area contributed by atoms with Crippen molar-refractivity contribution in [3.8, 4) is 0 Å². The number of piperazine rings is 1. The third-order valence-corrected chi connectivity index (χ3v) is 6.33. The summed E-state index contributed by atoms with van der Waals surface area (Å²) in [6.45, 7) is 6.82. The molecule has 0 bridgehead atoms. The van der Waals surface area contributed by atoms with E-state index in [-0.39, 0.29) is 0 Å². The molecule has 16 heavy (non-hydrogen) atoms. The molecule has 1 N–H and O–H groups in total. The summed E-state index contributed by atoms with van der Waals surface area (Å²) in [5, 5.41) is 3.40. The summed E-state index contributed by atoms with van der Waals surface area (Å²) in [6.07, 6.45) is 1.18. The maximum absolute atomic E-state index is 3.58. The summed E-state index contributed by atoms with van der Waals surface area (Å²) in [4.78, 5) is 4.05. The van der Waals surface area contributed by atoms with Gasteiger partial charge in [-0.05, 0) is 44.3 Å². The molecule has 0 unspecified atom stereocenters. The zero-order valence-electron chi connectivity index (χ0n) is 9.30. The van der Waals surface area contributed by atoms with Crippen molar-refractivity contribution in [2.75, 3.05) is 26.2 Å². The first-order chi connectivity index (χ1) is 7.72. The highest BCUT2D eigenvalue weighted by Crippen LogP contribution is 2.38.